The van der Waals surface area contributed by atoms with E-state index < -0.39 is 0 Å². The Bertz CT molecular complexity index is 825. The number of ether oxygens (including phenoxy) is 2. The first-order chi connectivity index (χ1) is 14.6. The quantitative estimate of drug-likeness (QED) is 0.672. The Balaban J connectivity index is 1.35. The molecule has 6 heteroatoms. The normalized spacial score (nSPS) is 19.5. The van der Waals surface area contributed by atoms with Crippen LogP contribution in [0.2, 0.25) is 0 Å². The van der Waals surface area contributed by atoms with Crippen molar-refractivity contribution in [2.45, 2.75) is 63.6 Å². The van der Waals surface area contributed by atoms with E-state index in [1.54, 1.807) is 24.5 Å². The summed E-state index contributed by atoms with van der Waals surface area (Å²) in [6.07, 6.45) is 7.76. The van der Waals surface area contributed by atoms with Gasteiger partial charge in [-0.05, 0) is 62.3 Å². The van der Waals surface area contributed by atoms with Gasteiger partial charge >= 0.3 is 0 Å². The molecule has 1 amide bonds. The van der Waals surface area contributed by atoms with E-state index in [-0.39, 0.29) is 18.1 Å². The van der Waals surface area contributed by atoms with E-state index in [0.717, 1.165) is 42.6 Å². The SMILES string of the molecule is COc1cc(C(=O)NC(C)c2cccs2)ccc1OC1CCN(C2CCCC2)CC1. The van der Waals surface area contributed by atoms with Crippen LogP contribution in [0.3, 0.4) is 0 Å². The molecule has 2 fully saturated rings. The Morgan fingerprint density at radius 1 is 1.13 bits per heavy atom. The van der Waals surface area contributed by atoms with Gasteiger partial charge in [0, 0.05) is 29.6 Å². The highest BCUT2D eigenvalue weighted by Crippen LogP contribution is 2.32. The van der Waals surface area contributed by atoms with Crippen LogP contribution in [0.25, 0.3) is 0 Å². The van der Waals surface area contributed by atoms with Gasteiger partial charge in [0.2, 0.25) is 0 Å². The maximum absolute atomic E-state index is 12.7. The van der Waals surface area contributed by atoms with Gasteiger partial charge in [-0.25, -0.2) is 0 Å². The molecule has 1 saturated carbocycles. The second-order valence-electron chi connectivity index (χ2n) is 8.37. The third-order valence-corrected chi connectivity index (χ3v) is 7.41. The summed E-state index contributed by atoms with van der Waals surface area (Å²) in [4.78, 5) is 16.5. The molecule has 1 aromatic carbocycles. The van der Waals surface area contributed by atoms with Crippen molar-refractivity contribution in [2.24, 2.45) is 0 Å². The van der Waals surface area contributed by atoms with Gasteiger partial charge in [-0.1, -0.05) is 18.9 Å². The zero-order valence-electron chi connectivity index (χ0n) is 17.9. The van der Waals surface area contributed by atoms with Gasteiger partial charge in [-0.15, -0.1) is 11.3 Å². The minimum absolute atomic E-state index is 0.0236. The molecule has 0 radical (unpaired) electrons. The van der Waals surface area contributed by atoms with Gasteiger partial charge in [0.15, 0.2) is 11.5 Å². The van der Waals surface area contributed by atoms with E-state index in [1.807, 2.05) is 36.6 Å². The fraction of sp³-hybridized carbons (Fsp3) is 0.542. The lowest BCUT2D eigenvalue weighted by Gasteiger charge is -2.36. The zero-order valence-corrected chi connectivity index (χ0v) is 18.7. The van der Waals surface area contributed by atoms with Crippen LogP contribution in [0.1, 0.15) is 66.7 Å². The Morgan fingerprint density at radius 3 is 2.57 bits per heavy atom. The van der Waals surface area contributed by atoms with Crippen molar-refractivity contribution < 1.29 is 14.3 Å². The summed E-state index contributed by atoms with van der Waals surface area (Å²) < 4.78 is 11.8. The first-order valence-corrected chi connectivity index (χ1v) is 11.9. The highest BCUT2D eigenvalue weighted by molar-refractivity contribution is 7.10. The summed E-state index contributed by atoms with van der Waals surface area (Å²) in [5.41, 5.74) is 0.582. The van der Waals surface area contributed by atoms with Crippen LogP contribution < -0.4 is 14.8 Å². The lowest BCUT2D eigenvalue weighted by Crippen LogP contribution is -2.43. The summed E-state index contributed by atoms with van der Waals surface area (Å²) in [5, 5.41) is 5.07. The predicted octanol–water partition coefficient (Wildman–Crippen LogP) is 5.03. The fourth-order valence-corrected chi connectivity index (χ4v) is 5.34. The fourth-order valence-electron chi connectivity index (χ4n) is 4.60. The van der Waals surface area contributed by atoms with Crippen LogP contribution in [0, 0.1) is 0 Å². The van der Waals surface area contributed by atoms with Gasteiger partial charge in [0.1, 0.15) is 6.10 Å². The van der Waals surface area contributed by atoms with Gasteiger partial charge in [-0.3, -0.25) is 4.79 Å². The largest absolute Gasteiger partial charge is 0.493 e. The van der Waals surface area contributed by atoms with Gasteiger partial charge in [0.25, 0.3) is 5.91 Å². The van der Waals surface area contributed by atoms with E-state index in [1.165, 1.54) is 25.7 Å². The number of methoxy groups -OCH3 is 1. The first kappa shape index (κ1) is 21.2. The number of hydrogen-bond donors (Lipinski definition) is 1. The second kappa shape index (κ2) is 9.84. The lowest BCUT2D eigenvalue weighted by atomic mass is 10.0. The highest BCUT2D eigenvalue weighted by Gasteiger charge is 2.28. The number of nitrogens with zero attached hydrogens (tertiary/aromatic N) is 1. The highest BCUT2D eigenvalue weighted by atomic mass is 32.1. The van der Waals surface area contributed by atoms with Crippen molar-refractivity contribution in [1.29, 1.82) is 0 Å². The molecule has 2 heterocycles. The number of amides is 1. The Kier molecular flexibility index (Phi) is 6.95. The van der Waals surface area contributed by atoms with E-state index in [9.17, 15) is 4.79 Å². The summed E-state index contributed by atoms with van der Waals surface area (Å²) in [6, 6.07) is 10.3. The van der Waals surface area contributed by atoms with Crippen LogP contribution in [-0.2, 0) is 0 Å². The van der Waals surface area contributed by atoms with E-state index in [0.29, 0.717) is 11.3 Å². The van der Waals surface area contributed by atoms with Crippen LogP contribution in [0.15, 0.2) is 35.7 Å². The molecule has 5 nitrogen and oxygen atoms in total. The molecule has 0 spiro atoms. The van der Waals surface area contributed by atoms with Gasteiger partial charge in [0.05, 0.1) is 13.2 Å². The Morgan fingerprint density at radius 2 is 1.90 bits per heavy atom. The van der Waals surface area contributed by atoms with E-state index >= 15 is 0 Å². The Labute approximate surface area is 183 Å². The van der Waals surface area contributed by atoms with Crippen LogP contribution in [0.4, 0.5) is 0 Å². The molecule has 1 saturated heterocycles. The molecule has 1 aliphatic carbocycles. The number of thiophene rings is 1. The van der Waals surface area contributed by atoms with Crippen LogP contribution >= 0.6 is 11.3 Å². The van der Waals surface area contributed by atoms with Crippen molar-refractivity contribution >= 4 is 17.2 Å². The molecule has 1 atom stereocenters. The minimum atomic E-state index is -0.106. The molecule has 1 aromatic heterocycles. The zero-order chi connectivity index (χ0) is 20.9. The first-order valence-electron chi connectivity index (χ1n) is 11.1. The van der Waals surface area contributed by atoms with Crippen molar-refractivity contribution in [3.05, 3.63) is 46.2 Å². The van der Waals surface area contributed by atoms with Crippen molar-refractivity contribution in [2.75, 3.05) is 20.2 Å². The van der Waals surface area contributed by atoms with E-state index in [2.05, 4.69) is 10.2 Å². The number of nitrogens with one attached hydrogen (secondary N) is 1. The standard InChI is InChI=1S/C24H32N2O3S/c1-17(23-8-5-15-30-23)25-24(27)18-9-10-21(22(16-18)28-2)29-20-11-13-26(14-12-20)19-6-3-4-7-19/h5,8-10,15-17,19-20H,3-4,6-7,11-14H2,1-2H3,(H,25,27). The molecule has 2 aromatic rings. The Hall–Kier alpha value is -2.05. The maximum Gasteiger partial charge on any atom is 0.251 e. The summed E-state index contributed by atoms with van der Waals surface area (Å²) >= 11 is 1.64. The van der Waals surface area contributed by atoms with Crippen LogP contribution in [-0.4, -0.2) is 43.2 Å². The lowest BCUT2D eigenvalue weighted by molar-refractivity contribution is 0.0750. The van der Waals surface area contributed by atoms with Gasteiger partial charge in [-0.2, -0.15) is 0 Å². The van der Waals surface area contributed by atoms with Crippen molar-refractivity contribution in [1.82, 2.24) is 10.2 Å². The van der Waals surface area contributed by atoms with Crippen molar-refractivity contribution in [3.63, 3.8) is 0 Å². The average molecular weight is 429 g/mol. The molecular formula is C24H32N2O3S. The molecular weight excluding hydrogens is 396 g/mol. The number of likely N-dealkylation sites (tertiary alicyclic amines) is 1. The molecule has 1 aliphatic heterocycles. The van der Waals surface area contributed by atoms with Crippen LogP contribution in [0.5, 0.6) is 11.5 Å². The molecule has 0 bridgehead atoms. The molecule has 2 aliphatic rings. The second-order valence-corrected chi connectivity index (χ2v) is 9.35. The number of piperidine rings is 1. The molecule has 1 unspecified atom stereocenters. The number of carbonyl (C=O) groups is 1. The molecule has 1 N–H and O–H groups in total. The number of benzene rings is 1. The van der Waals surface area contributed by atoms with E-state index in [4.69, 9.17) is 9.47 Å². The minimum Gasteiger partial charge on any atom is -0.493 e. The number of carbonyl (C=O) groups excluding carboxylic acids is 1. The third kappa shape index (κ3) is 4.98. The predicted molar refractivity (Wildman–Crippen MR) is 121 cm³/mol. The molecule has 30 heavy (non-hydrogen) atoms. The van der Waals surface area contributed by atoms with Gasteiger partial charge < -0.3 is 19.7 Å². The smallest absolute Gasteiger partial charge is 0.251 e. The topological polar surface area (TPSA) is 50.8 Å². The molecule has 162 valence electrons. The monoisotopic (exact) mass is 428 g/mol. The maximum atomic E-state index is 12.7. The number of hydrogen-bond acceptors (Lipinski definition) is 5. The third-order valence-electron chi connectivity index (χ3n) is 6.35. The average Bonchev–Trinajstić information content (AvgIpc) is 3.49. The van der Waals surface area contributed by atoms with Crippen molar-refractivity contribution in [3.8, 4) is 11.5 Å². The summed E-state index contributed by atoms with van der Waals surface area (Å²) in [6.45, 7) is 4.22. The molecule has 4 rings (SSSR count). The number of rotatable bonds is 7. The summed E-state index contributed by atoms with van der Waals surface area (Å²) in [7, 11) is 1.63. The summed E-state index contributed by atoms with van der Waals surface area (Å²) in [5.74, 6) is 1.23.